The van der Waals surface area contributed by atoms with Gasteiger partial charge in [0.25, 0.3) is 5.91 Å². The van der Waals surface area contributed by atoms with Crippen LogP contribution in [0.3, 0.4) is 0 Å². The molecule has 2 rings (SSSR count). The SMILES string of the molecule is CCOc1ccc(C[NH+](C)[C@@H](C)C(=O)Nc2cc(F)ccc2F)cc1. The maximum absolute atomic E-state index is 13.6. The van der Waals surface area contributed by atoms with E-state index in [0.717, 1.165) is 34.4 Å². The van der Waals surface area contributed by atoms with E-state index in [0.29, 0.717) is 13.2 Å². The van der Waals surface area contributed by atoms with E-state index in [9.17, 15) is 13.6 Å². The van der Waals surface area contributed by atoms with E-state index < -0.39 is 17.7 Å². The van der Waals surface area contributed by atoms with E-state index in [4.69, 9.17) is 4.74 Å². The topological polar surface area (TPSA) is 42.8 Å². The summed E-state index contributed by atoms with van der Waals surface area (Å²) in [5.41, 5.74) is 0.906. The van der Waals surface area contributed by atoms with Gasteiger partial charge in [0.2, 0.25) is 0 Å². The van der Waals surface area contributed by atoms with Gasteiger partial charge >= 0.3 is 0 Å². The fourth-order valence-electron chi connectivity index (χ4n) is 2.40. The van der Waals surface area contributed by atoms with Crippen LogP contribution in [0.15, 0.2) is 42.5 Å². The molecule has 0 aliphatic carbocycles. The number of hydrogen-bond acceptors (Lipinski definition) is 2. The number of ether oxygens (including phenoxy) is 1. The summed E-state index contributed by atoms with van der Waals surface area (Å²) < 4.78 is 32.2. The van der Waals surface area contributed by atoms with Crippen molar-refractivity contribution in [3.05, 3.63) is 59.7 Å². The highest BCUT2D eigenvalue weighted by Gasteiger charge is 2.23. The summed E-state index contributed by atoms with van der Waals surface area (Å²) in [6.45, 7) is 4.90. The number of quaternary nitrogens is 1. The maximum atomic E-state index is 13.6. The van der Waals surface area contributed by atoms with Crippen molar-refractivity contribution >= 4 is 11.6 Å². The number of halogens is 2. The number of rotatable bonds is 7. The van der Waals surface area contributed by atoms with E-state index >= 15 is 0 Å². The average molecular weight is 349 g/mol. The Kier molecular flexibility index (Phi) is 6.47. The predicted molar refractivity (Wildman–Crippen MR) is 92.7 cm³/mol. The second-order valence-electron chi connectivity index (χ2n) is 5.94. The van der Waals surface area contributed by atoms with Crippen LogP contribution >= 0.6 is 0 Å². The van der Waals surface area contributed by atoms with Crippen molar-refractivity contribution in [3.8, 4) is 5.75 Å². The molecule has 0 bridgehead atoms. The van der Waals surface area contributed by atoms with Crippen LogP contribution in [0, 0.1) is 11.6 Å². The van der Waals surface area contributed by atoms with E-state index in [1.54, 1.807) is 6.92 Å². The number of nitrogens with one attached hydrogen (secondary N) is 2. The van der Waals surface area contributed by atoms with Crippen LogP contribution in [0.1, 0.15) is 19.4 Å². The molecule has 2 atom stereocenters. The Bertz CT molecular complexity index is 720. The Morgan fingerprint density at radius 1 is 1.20 bits per heavy atom. The summed E-state index contributed by atoms with van der Waals surface area (Å²) >= 11 is 0. The first kappa shape index (κ1) is 18.9. The Hall–Kier alpha value is -2.47. The first-order valence-corrected chi connectivity index (χ1v) is 8.20. The molecule has 0 spiro atoms. The minimum absolute atomic E-state index is 0.147. The molecule has 1 unspecified atom stereocenters. The molecular formula is C19H23F2N2O2+. The third kappa shape index (κ3) is 5.26. The first-order valence-electron chi connectivity index (χ1n) is 8.20. The molecule has 0 heterocycles. The second-order valence-corrected chi connectivity index (χ2v) is 5.94. The van der Waals surface area contributed by atoms with Crippen molar-refractivity contribution in [2.75, 3.05) is 19.0 Å². The fourth-order valence-corrected chi connectivity index (χ4v) is 2.40. The third-order valence-corrected chi connectivity index (χ3v) is 4.04. The summed E-state index contributed by atoms with van der Waals surface area (Å²) in [7, 11) is 1.88. The van der Waals surface area contributed by atoms with Crippen molar-refractivity contribution in [3.63, 3.8) is 0 Å². The van der Waals surface area contributed by atoms with E-state index in [2.05, 4.69) is 5.32 Å². The number of carbonyl (C=O) groups is 1. The monoisotopic (exact) mass is 349 g/mol. The van der Waals surface area contributed by atoms with E-state index in [-0.39, 0.29) is 11.6 Å². The summed E-state index contributed by atoms with van der Waals surface area (Å²) in [5.74, 6) is -0.824. The lowest BCUT2D eigenvalue weighted by atomic mass is 10.1. The summed E-state index contributed by atoms with van der Waals surface area (Å²) in [6.07, 6.45) is 0. The lowest BCUT2D eigenvalue weighted by Gasteiger charge is -2.21. The largest absolute Gasteiger partial charge is 0.494 e. The zero-order valence-electron chi connectivity index (χ0n) is 14.6. The third-order valence-electron chi connectivity index (χ3n) is 4.04. The van der Waals surface area contributed by atoms with Crippen molar-refractivity contribution in [1.29, 1.82) is 0 Å². The quantitative estimate of drug-likeness (QED) is 0.806. The van der Waals surface area contributed by atoms with E-state index in [1.165, 1.54) is 0 Å². The van der Waals surface area contributed by atoms with Crippen LogP contribution < -0.4 is 15.0 Å². The van der Waals surface area contributed by atoms with Crippen LogP contribution in [0.4, 0.5) is 14.5 Å². The van der Waals surface area contributed by atoms with Gasteiger partial charge in [-0.05, 0) is 50.2 Å². The van der Waals surface area contributed by atoms with Gasteiger partial charge in [0.1, 0.15) is 23.9 Å². The average Bonchev–Trinajstić information content (AvgIpc) is 2.59. The van der Waals surface area contributed by atoms with Gasteiger partial charge in [0, 0.05) is 11.6 Å². The van der Waals surface area contributed by atoms with Crippen molar-refractivity contribution in [2.24, 2.45) is 0 Å². The normalized spacial score (nSPS) is 13.2. The van der Waals surface area contributed by atoms with Crippen LogP contribution in [0.2, 0.25) is 0 Å². The highest BCUT2D eigenvalue weighted by Crippen LogP contribution is 2.15. The summed E-state index contributed by atoms with van der Waals surface area (Å²) in [6, 6.07) is 10.2. The van der Waals surface area contributed by atoms with Crippen molar-refractivity contribution < 1.29 is 23.2 Å². The maximum Gasteiger partial charge on any atom is 0.282 e. The molecule has 1 amide bonds. The number of likely N-dealkylation sites (N-methyl/N-ethyl adjacent to an activating group) is 1. The number of carbonyl (C=O) groups excluding carboxylic acids is 1. The molecular weight excluding hydrogens is 326 g/mol. The standard InChI is InChI=1S/C19H22F2N2O2/c1-4-25-16-8-5-14(6-9-16)12-23(3)13(2)19(24)22-18-11-15(20)7-10-17(18)21/h5-11,13H,4,12H2,1-3H3,(H,22,24)/p+1/t13-/m0/s1. The van der Waals surface area contributed by atoms with Gasteiger partial charge in [-0.25, -0.2) is 8.78 Å². The molecule has 0 saturated heterocycles. The number of anilines is 1. The molecule has 0 saturated carbocycles. The highest BCUT2D eigenvalue weighted by atomic mass is 19.1. The lowest BCUT2D eigenvalue weighted by Crippen LogP contribution is -3.12. The molecule has 0 radical (unpaired) electrons. The van der Waals surface area contributed by atoms with Crippen molar-refractivity contribution in [2.45, 2.75) is 26.4 Å². The molecule has 0 aliphatic heterocycles. The zero-order valence-corrected chi connectivity index (χ0v) is 14.6. The van der Waals surface area contributed by atoms with Crippen LogP contribution in [0.25, 0.3) is 0 Å². The Balaban J connectivity index is 1.97. The molecule has 6 heteroatoms. The minimum atomic E-state index is -0.661. The fraction of sp³-hybridized carbons (Fsp3) is 0.316. The first-order chi connectivity index (χ1) is 11.9. The van der Waals surface area contributed by atoms with Gasteiger partial charge in [-0.3, -0.25) is 4.79 Å². The van der Waals surface area contributed by atoms with Crippen LogP contribution in [-0.2, 0) is 11.3 Å². The van der Waals surface area contributed by atoms with Gasteiger partial charge in [-0.1, -0.05) is 0 Å². The Morgan fingerprint density at radius 3 is 2.52 bits per heavy atom. The van der Waals surface area contributed by atoms with Gasteiger partial charge in [0.15, 0.2) is 6.04 Å². The van der Waals surface area contributed by atoms with Gasteiger partial charge in [-0.15, -0.1) is 0 Å². The number of hydrogen-bond donors (Lipinski definition) is 2. The molecule has 2 N–H and O–H groups in total. The minimum Gasteiger partial charge on any atom is -0.494 e. The van der Waals surface area contributed by atoms with Crippen LogP contribution in [-0.4, -0.2) is 25.6 Å². The molecule has 2 aromatic rings. The molecule has 0 fully saturated rings. The van der Waals surface area contributed by atoms with E-state index in [1.807, 2.05) is 38.2 Å². The molecule has 0 aromatic heterocycles. The van der Waals surface area contributed by atoms with Gasteiger partial charge < -0.3 is 15.0 Å². The van der Waals surface area contributed by atoms with Crippen molar-refractivity contribution in [1.82, 2.24) is 0 Å². The lowest BCUT2D eigenvalue weighted by molar-refractivity contribution is -0.907. The molecule has 2 aromatic carbocycles. The molecule has 134 valence electrons. The molecule has 4 nitrogen and oxygen atoms in total. The molecule has 0 aliphatic rings. The predicted octanol–water partition coefficient (Wildman–Crippen LogP) is 2.41. The smallest absolute Gasteiger partial charge is 0.282 e. The summed E-state index contributed by atoms with van der Waals surface area (Å²) in [4.78, 5) is 13.2. The van der Waals surface area contributed by atoms with Crippen LogP contribution in [0.5, 0.6) is 5.75 Å². The van der Waals surface area contributed by atoms with Gasteiger partial charge in [-0.2, -0.15) is 0 Å². The zero-order chi connectivity index (χ0) is 18.4. The number of amides is 1. The second kappa shape index (κ2) is 8.58. The highest BCUT2D eigenvalue weighted by molar-refractivity contribution is 5.93. The van der Waals surface area contributed by atoms with Gasteiger partial charge in [0.05, 0.1) is 19.3 Å². The molecule has 25 heavy (non-hydrogen) atoms. The Morgan fingerprint density at radius 2 is 1.88 bits per heavy atom. The summed E-state index contributed by atoms with van der Waals surface area (Å²) in [5, 5.41) is 2.45. The Labute approximate surface area is 146 Å². The number of benzene rings is 2.